The molecular formula is C16H25N3O2. The lowest BCUT2D eigenvalue weighted by molar-refractivity contribution is -0.147. The molecule has 116 valence electrons. The zero-order valence-electron chi connectivity index (χ0n) is 13.0. The van der Waals surface area contributed by atoms with Crippen molar-refractivity contribution in [2.45, 2.75) is 31.9 Å². The van der Waals surface area contributed by atoms with Gasteiger partial charge in [-0.3, -0.25) is 9.78 Å². The van der Waals surface area contributed by atoms with Gasteiger partial charge in [-0.15, -0.1) is 0 Å². The van der Waals surface area contributed by atoms with Crippen molar-refractivity contribution >= 4 is 5.91 Å². The highest BCUT2D eigenvalue weighted by molar-refractivity contribution is 5.81. The maximum atomic E-state index is 12.7. The summed E-state index contributed by atoms with van der Waals surface area (Å²) in [7, 11) is 4.03. The highest BCUT2D eigenvalue weighted by Crippen LogP contribution is 2.16. The van der Waals surface area contributed by atoms with Gasteiger partial charge in [0.1, 0.15) is 6.10 Å². The molecule has 0 bridgehead atoms. The lowest BCUT2D eigenvalue weighted by Gasteiger charge is -2.30. The summed E-state index contributed by atoms with van der Waals surface area (Å²) in [4.78, 5) is 21.0. The van der Waals surface area contributed by atoms with Crippen LogP contribution in [0.4, 0.5) is 0 Å². The number of carbonyl (C=O) groups is 1. The smallest absolute Gasteiger partial charge is 0.252 e. The van der Waals surface area contributed by atoms with Gasteiger partial charge in [-0.05, 0) is 45.5 Å². The van der Waals surface area contributed by atoms with E-state index in [0.29, 0.717) is 19.7 Å². The number of nitrogens with zero attached hydrogens (tertiary/aromatic N) is 3. The molecule has 1 amide bonds. The first kappa shape index (κ1) is 15.9. The van der Waals surface area contributed by atoms with Gasteiger partial charge in [-0.1, -0.05) is 6.07 Å². The van der Waals surface area contributed by atoms with Gasteiger partial charge in [0.15, 0.2) is 0 Å². The summed E-state index contributed by atoms with van der Waals surface area (Å²) >= 11 is 0. The summed E-state index contributed by atoms with van der Waals surface area (Å²) in [5.41, 5.74) is 0.917. The third-order valence-corrected chi connectivity index (χ3v) is 3.66. The highest BCUT2D eigenvalue weighted by Gasteiger charge is 2.27. The molecule has 1 fully saturated rings. The molecule has 1 saturated heterocycles. The molecule has 0 saturated carbocycles. The summed E-state index contributed by atoms with van der Waals surface area (Å²) in [6.07, 6.45) is 4.45. The maximum absolute atomic E-state index is 12.7. The van der Waals surface area contributed by atoms with E-state index in [1.165, 1.54) is 0 Å². The largest absolute Gasteiger partial charge is 0.368 e. The second kappa shape index (κ2) is 8.10. The lowest BCUT2D eigenvalue weighted by atomic mass is 10.1. The second-order valence-electron chi connectivity index (χ2n) is 5.74. The van der Waals surface area contributed by atoms with Gasteiger partial charge in [0.05, 0.1) is 12.2 Å². The normalized spacial score (nSPS) is 18.7. The molecule has 0 aromatic carbocycles. The number of hydrogen-bond donors (Lipinski definition) is 0. The van der Waals surface area contributed by atoms with E-state index in [-0.39, 0.29) is 12.0 Å². The monoisotopic (exact) mass is 291 g/mol. The van der Waals surface area contributed by atoms with Gasteiger partial charge >= 0.3 is 0 Å². The molecule has 0 N–H and O–H groups in total. The molecule has 0 spiro atoms. The van der Waals surface area contributed by atoms with Crippen LogP contribution in [-0.2, 0) is 16.1 Å². The Kier molecular flexibility index (Phi) is 6.14. The fraction of sp³-hybridized carbons (Fsp3) is 0.625. The summed E-state index contributed by atoms with van der Waals surface area (Å²) in [5.74, 6) is 0.0993. The SMILES string of the molecule is CN(C)CCN(Cc1ccccn1)C(=O)[C@H]1CCCCO1. The van der Waals surface area contributed by atoms with Crippen molar-refractivity contribution in [1.29, 1.82) is 0 Å². The van der Waals surface area contributed by atoms with Crippen LogP contribution in [0.5, 0.6) is 0 Å². The molecule has 1 aliphatic rings. The van der Waals surface area contributed by atoms with Crippen LogP contribution in [0.2, 0.25) is 0 Å². The van der Waals surface area contributed by atoms with E-state index < -0.39 is 0 Å². The summed E-state index contributed by atoms with van der Waals surface area (Å²) < 4.78 is 5.64. The number of amides is 1. The first-order valence-electron chi connectivity index (χ1n) is 7.62. The number of aromatic nitrogens is 1. The molecule has 2 heterocycles. The summed E-state index contributed by atoms with van der Waals surface area (Å²) in [5, 5.41) is 0. The Morgan fingerprint density at radius 2 is 2.19 bits per heavy atom. The first-order valence-corrected chi connectivity index (χ1v) is 7.62. The van der Waals surface area contributed by atoms with E-state index in [9.17, 15) is 4.79 Å². The summed E-state index contributed by atoms with van der Waals surface area (Å²) in [6.45, 7) is 2.78. The molecule has 5 nitrogen and oxygen atoms in total. The molecule has 1 aromatic rings. The van der Waals surface area contributed by atoms with E-state index in [0.717, 1.165) is 31.5 Å². The third kappa shape index (κ3) is 5.10. The first-order chi connectivity index (χ1) is 10.2. The minimum atomic E-state index is -0.273. The molecule has 1 aromatic heterocycles. The standard InChI is InChI=1S/C16H25N3O2/c1-18(2)10-11-19(13-14-7-3-5-9-17-14)16(20)15-8-4-6-12-21-15/h3,5,7,9,15H,4,6,8,10-13H2,1-2H3/t15-/m1/s1. The van der Waals surface area contributed by atoms with E-state index in [2.05, 4.69) is 9.88 Å². The predicted octanol–water partition coefficient (Wildman–Crippen LogP) is 1.54. The topological polar surface area (TPSA) is 45.7 Å². The number of carbonyl (C=O) groups excluding carboxylic acids is 1. The van der Waals surface area contributed by atoms with E-state index in [4.69, 9.17) is 4.74 Å². The molecule has 0 radical (unpaired) electrons. The van der Waals surface area contributed by atoms with Crippen LogP contribution in [0.1, 0.15) is 25.0 Å². The molecular weight excluding hydrogens is 266 g/mol. The van der Waals surface area contributed by atoms with Crippen molar-refractivity contribution in [1.82, 2.24) is 14.8 Å². The van der Waals surface area contributed by atoms with E-state index in [1.807, 2.05) is 37.2 Å². The van der Waals surface area contributed by atoms with Crippen LogP contribution in [0.25, 0.3) is 0 Å². The molecule has 0 aliphatic carbocycles. The average Bonchev–Trinajstić information content (AvgIpc) is 2.52. The van der Waals surface area contributed by atoms with Crippen molar-refractivity contribution in [3.05, 3.63) is 30.1 Å². The van der Waals surface area contributed by atoms with Crippen molar-refractivity contribution in [2.24, 2.45) is 0 Å². The van der Waals surface area contributed by atoms with Crippen LogP contribution >= 0.6 is 0 Å². The third-order valence-electron chi connectivity index (χ3n) is 3.66. The van der Waals surface area contributed by atoms with Crippen LogP contribution in [0.3, 0.4) is 0 Å². The number of pyridine rings is 1. The Hall–Kier alpha value is -1.46. The zero-order chi connectivity index (χ0) is 15.1. The Morgan fingerprint density at radius 1 is 1.33 bits per heavy atom. The highest BCUT2D eigenvalue weighted by atomic mass is 16.5. The number of rotatable bonds is 6. The average molecular weight is 291 g/mol. The summed E-state index contributed by atoms with van der Waals surface area (Å²) in [6, 6.07) is 5.80. The van der Waals surface area contributed by atoms with Gasteiger partial charge in [0.25, 0.3) is 5.91 Å². The predicted molar refractivity (Wildman–Crippen MR) is 81.8 cm³/mol. The Bertz CT molecular complexity index is 430. The maximum Gasteiger partial charge on any atom is 0.252 e. The molecule has 0 unspecified atom stereocenters. The Balaban J connectivity index is 2.01. The molecule has 5 heteroatoms. The second-order valence-corrected chi connectivity index (χ2v) is 5.74. The van der Waals surface area contributed by atoms with Crippen molar-refractivity contribution < 1.29 is 9.53 Å². The van der Waals surface area contributed by atoms with Crippen LogP contribution < -0.4 is 0 Å². The molecule has 1 atom stereocenters. The fourth-order valence-electron chi connectivity index (χ4n) is 2.41. The lowest BCUT2D eigenvalue weighted by Crippen LogP contribution is -2.44. The van der Waals surface area contributed by atoms with Crippen LogP contribution in [0.15, 0.2) is 24.4 Å². The van der Waals surface area contributed by atoms with E-state index in [1.54, 1.807) is 6.20 Å². The zero-order valence-corrected chi connectivity index (χ0v) is 13.0. The van der Waals surface area contributed by atoms with Crippen molar-refractivity contribution in [3.63, 3.8) is 0 Å². The number of likely N-dealkylation sites (N-methyl/N-ethyl adjacent to an activating group) is 1. The van der Waals surface area contributed by atoms with Crippen molar-refractivity contribution in [2.75, 3.05) is 33.8 Å². The van der Waals surface area contributed by atoms with Gasteiger partial charge in [0, 0.05) is 25.9 Å². The molecule has 21 heavy (non-hydrogen) atoms. The minimum Gasteiger partial charge on any atom is -0.368 e. The molecule has 2 rings (SSSR count). The van der Waals surface area contributed by atoms with Crippen LogP contribution in [-0.4, -0.2) is 60.6 Å². The fourth-order valence-corrected chi connectivity index (χ4v) is 2.41. The quantitative estimate of drug-likeness (QED) is 0.797. The Labute approximate surface area is 126 Å². The van der Waals surface area contributed by atoms with E-state index >= 15 is 0 Å². The van der Waals surface area contributed by atoms with Gasteiger partial charge < -0.3 is 14.5 Å². The van der Waals surface area contributed by atoms with Gasteiger partial charge in [0.2, 0.25) is 0 Å². The Morgan fingerprint density at radius 3 is 2.81 bits per heavy atom. The molecule has 1 aliphatic heterocycles. The van der Waals surface area contributed by atoms with Gasteiger partial charge in [-0.25, -0.2) is 0 Å². The van der Waals surface area contributed by atoms with Crippen LogP contribution in [0, 0.1) is 0 Å². The number of ether oxygens (including phenoxy) is 1. The van der Waals surface area contributed by atoms with Crippen molar-refractivity contribution in [3.8, 4) is 0 Å². The minimum absolute atomic E-state index is 0.0993. The van der Waals surface area contributed by atoms with Gasteiger partial charge in [-0.2, -0.15) is 0 Å². The number of hydrogen-bond acceptors (Lipinski definition) is 4.